The van der Waals surface area contributed by atoms with Crippen LogP contribution in [0.1, 0.15) is 36.5 Å². The first kappa shape index (κ1) is 20.4. The third-order valence-corrected chi connectivity index (χ3v) is 4.29. The van der Waals surface area contributed by atoms with Gasteiger partial charge in [0.05, 0.1) is 21.3 Å². The highest BCUT2D eigenvalue weighted by atomic mass is 16.5. The minimum Gasteiger partial charge on any atom is -0.493 e. The number of ether oxygens (including phenoxy) is 3. The monoisotopic (exact) mass is 369 g/mol. The van der Waals surface area contributed by atoms with E-state index in [4.69, 9.17) is 14.2 Å². The molecule has 0 bridgehead atoms. The van der Waals surface area contributed by atoms with Gasteiger partial charge in [0.25, 0.3) is 0 Å². The van der Waals surface area contributed by atoms with Crippen LogP contribution in [0.15, 0.2) is 36.4 Å². The number of methoxy groups -OCH3 is 3. The Balaban J connectivity index is 2.26. The number of hydrogen-bond acceptors (Lipinski definition) is 4. The van der Waals surface area contributed by atoms with Gasteiger partial charge in [-0.05, 0) is 47.7 Å². The van der Waals surface area contributed by atoms with Crippen LogP contribution in [0, 0.1) is 6.92 Å². The molecule has 0 unspecified atom stereocenters. The lowest BCUT2D eigenvalue weighted by Gasteiger charge is -2.15. The normalized spacial score (nSPS) is 10.9. The number of hydrogen-bond donors (Lipinski definition) is 1. The average Bonchev–Trinajstić information content (AvgIpc) is 2.66. The van der Waals surface area contributed by atoms with Crippen LogP contribution in [0.25, 0.3) is 6.08 Å². The van der Waals surface area contributed by atoms with Crippen molar-refractivity contribution < 1.29 is 19.0 Å². The molecule has 27 heavy (non-hydrogen) atoms. The SMILES string of the molecule is COc1cc(C=CC(=O)Nc2c(C)cccc2C(C)C)cc(OC)c1OC. The quantitative estimate of drug-likeness (QED) is 0.713. The summed E-state index contributed by atoms with van der Waals surface area (Å²) in [5, 5.41) is 3.00. The zero-order chi connectivity index (χ0) is 20.0. The van der Waals surface area contributed by atoms with E-state index in [2.05, 4.69) is 19.2 Å². The summed E-state index contributed by atoms with van der Waals surface area (Å²) in [6.45, 7) is 6.21. The molecule has 5 nitrogen and oxygen atoms in total. The van der Waals surface area contributed by atoms with Crippen molar-refractivity contribution in [3.05, 3.63) is 53.1 Å². The number of nitrogens with one attached hydrogen (secondary N) is 1. The highest BCUT2D eigenvalue weighted by molar-refractivity contribution is 6.03. The number of carbonyl (C=O) groups excluding carboxylic acids is 1. The summed E-state index contributed by atoms with van der Waals surface area (Å²) >= 11 is 0. The summed E-state index contributed by atoms with van der Waals surface area (Å²) in [6.07, 6.45) is 3.21. The molecule has 0 fully saturated rings. The van der Waals surface area contributed by atoms with Gasteiger partial charge in [-0.3, -0.25) is 4.79 Å². The topological polar surface area (TPSA) is 56.8 Å². The van der Waals surface area contributed by atoms with E-state index in [-0.39, 0.29) is 5.91 Å². The third-order valence-electron chi connectivity index (χ3n) is 4.29. The smallest absolute Gasteiger partial charge is 0.248 e. The molecular weight excluding hydrogens is 342 g/mol. The van der Waals surface area contributed by atoms with Crippen LogP contribution in [0.5, 0.6) is 17.2 Å². The minimum atomic E-state index is -0.194. The molecule has 0 radical (unpaired) electrons. The largest absolute Gasteiger partial charge is 0.493 e. The molecule has 0 heterocycles. The highest BCUT2D eigenvalue weighted by Gasteiger charge is 2.13. The molecule has 5 heteroatoms. The summed E-state index contributed by atoms with van der Waals surface area (Å²) in [4.78, 5) is 12.5. The number of rotatable bonds is 7. The molecule has 0 saturated carbocycles. The van der Waals surface area contributed by atoms with E-state index >= 15 is 0 Å². The second-order valence-corrected chi connectivity index (χ2v) is 6.48. The standard InChI is InChI=1S/C22H27NO4/c1-14(2)17-9-7-8-15(3)21(17)23-20(24)11-10-16-12-18(25-4)22(27-6)19(13-16)26-5/h7-14H,1-6H3,(H,23,24). The lowest BCUT2D eigenvalue weighted by molar-refractivity contribution is -0.111. The summed E-state index contributed by atoms with van der Waals surface area (Å²) in [7, 11) is 4.67. The molecule has 2 rings (SSSR count). The Morgan fingerprint density at radius 1 is 1.04 bits per heavy atom. The third kappa shape index (κ3) is 4.82. The number of benzene rings is 2. The molecule has 0 saturated heterocycles. The van der Waals surface area contributed by atoms with Crippen LogP contribution < -0.4 is 19.5 Å². The second-order valence-electron chi connectivity index (χ2n) is 6.48. The van der Waals surface area contributed by atoms with Crippen LogP contribution in [-0.2, 0) is 4.79 Å². The lowest BCUT2D eigenvalue weighted by atomic mass is 9.98. The van der Waals surface area contributed by atoms with E-state index in [9.17, 15) is 4.79 Å². The van der Waals surface area contributed by atoms with Crippen LogP contribution in [0.2, 0.25) is 0 Å². The molecule has 0 spiro atoms. The molecule has 2 aromatic rings. The maximum absolute atomic E-state index is 12.5. The molecule has 0 aliphatic rings. The van der Waals surface area contributed by atoms with Crippen molar-refractivity contribution in [1.82, 2.24) is 0 Å². The van der Waals surface area contributed by atoms with Crippen LogP contribution >= 0.6 is 0 Å². The number of para-hydroxylation sites is 1. The summed E-state index contributed by atoms with van der Waals surface area (Å²) in [5.41, 5.74) is 3.79. The summed E-state index contributed by atoms with van der Waals surface area (Å²) in [6, 6.07) is 9.61. The Morgan fingerprint density at radius 3 is 2.19 bits per heavy atom. The van der Waals surface area contributed by atoms with Gasteiger partial charge in [-0.25, -0.2) is 0 Å². The molecular formula is C22H27NO4. The van der Waals surface area contributed by atoms with E-state index in [1.54, 1.807) is 39.5 Å². The van der Waals surface area contributed by atoms with Gasteiger partial charge in [-0.15, -0.1) is 0 Å². The van der Waals surface area contributed by atoms with E-state index in [0.717, 1.165) is 22.4 Å². The number of anilines is 1. The predicted molar refractivity (Wildman–Crippen MR) is 109 cm³/mol. The van der Waals surface area contributed by atoms with Crippen molar-refractivity contribution >= 4 is 17.7 Å². The van der Waals surface area contributed by atoms with Gasteiger partial charge in [0.1, 0.15) is 0 Å². The molecule has 2 aromatic carbocycles. The number of carbonyl (C=O) groups is 1. The molecule has 1 N–H and O–H groups in total. The zero-order valence-corrected chi connectivity index (χ0v) is 16.8. The molecule has 0 aliphatic carbocycles. The van der Waals surface area contributed by atoms with Crippen LogP contribution in [-0.4, -0.2) is 27.2 Å². The fourth-order valence-corrected chi connectivity index (χ4v) is 2.88. The van der Waals surface area contributed by atoms with Crippen LogP contribution in [0.4, 0.5) is 5.69 Å². The van der Waals surface area contributed by atoms with Gasteiger partial charge in [-0.2, -0.15) is 0 Å². The summed E-state index contributed by atoms with van der Waals surface area (Å²) < 4.78 is 16.0. The van der Waals surface area contributed by atoms with E-state index < -0.39 is 0 Å². The average molecular weight is 369 g/mol. The first-order valence-electron chi connectivity index (χ1n) is 8.79. The van der Waals surface area contributed by atoms with Crippen molar-refractivity contribution in [1.29, 1.82) is 0 Å². The molecule has 0 atom stereocenters. The first-order valence-corrected chi connectivity index (χ1v) is 8.79. The van der Waals surface area contributed by atoms with E-state index in [0.29, 0.717) is 23.2 Å². The molecule has 0 aliphatic heterocycles. The van der Waals surface area contributed by atoms with Crippen molar-refractivity contribution in [2.75, 3.05) is 26.6 Å². The Labute approximate surface area is 161 Å². The molecule has 1 amide bonds. The zero-order valence-electron chi connectivity index (χ0n) is 16.8. The molecule has 0 aromatic heterocycles. The van der Waals surface area contributed by atoms with E-state index in [1.165, 1.54) is 6.08 Å². The van der Waals surface area contributed by atoms with Crippen molar-refractivity contribution in [3.8, 4) is 17.2 Å². The predicted octanol–water partition coefficient (Wildman–Crippen LogP) is 4.80. The Kier molecular flexibility index (Phi) is 6.88. The highest BCUT2D eigenvalue weighted by Crippen LogP contribution is 2.38. The Bertz CT molecular complexity index is 815. The van der Waals surface area contributed by atoms with Gasteiger partial charge in [0.2, 0.25) is 11.7 Å². The minimum absolute atomic E-state index is 0.194. The van der Waals surface area contributed by atoms with Crippen molar-refractivity contribution in [2.24, 2.45) is 0 Å². The Hall–Kier alpha value is -2.95. The van der Waals surface area contributed by atoms with Gasteiger partial charge < -0.3 is 19.5 Å². The van der Waals surface area contributed by atoms with Crippen molar-refractivity contribution in [3.63, 3.8) is 0 Å². The lowest BCUT2D eigenvalue weighted by Crippen LogP contribution is -2.11. The van der Waals surface area contributed by atoms with E-state index in [1.807, 2.05) is 25.1 Å². The van der Waals surface area contributed by atoms with Gasteiger partial charge in [-0.1, -0.05) is 32.0 Å². The van der Waals surface area contributed by atoms with Gasteiger partial charge >= 0.3 is 0 Å². The number of aryl methyl sites for hydroxylation is 1. The summed E-state index contributed by atoms with van der Waals surface area (Å²) in [5.74, 6) is 1.72. The Morgan fingerprint density at radius 2 is 1.67 bits per heavy atom. The van der Waals surface area contributed by atoms with Gasteiger partial charge in [0, 0.05) is 11.8 Å². The van der Waals surface area contributed by atoms with Gasteiger partial charge in [0.15, 0.2) is 11.5 Å². The van der Waals surface area contributed by atoms with Crippen LogP contribution in [0.3, 0.4) is 0 Å². The molecule has 144 valence electrons. The van der Waals surface area contributed by atoms with Crippen molar-refractivity contribution in [2.45, 2.75) is 26.7 Å². The maximum Gasteiger partial charge on any atom is 0.248 e. The fourth-order valence-electron chi connectivity index (χ4n) is 2.88. The first-order chi connectivity index (χ1) is 12.9. The maximum atomic E-state index is 12.5. The number of amides is 1. The fraction of sp³-hybridized carbons (Fsp3) is 0.318. The second kappa shape index (κ2) is 9.12.